The van der Waals surface area contributed by atoms with E-state index < -0.39 is 72.3 Å². The Hall–Kier alpha value is -3.46. The van der Waals surface area contributed by atoms with Crippen LogP contribution in [0.2, 0.25) is 0 Å². The van der Waals surface area contributed by atoms with Crippen molar-refractivity contribution in [2.24, 2.45) is 28.1 Å². The minimum absolute atomic E-state index is 0.0284. The summed E-state index contributed by atoms with van der Waals surface area (Å²) in [6.45, 7) is 4.66. The molecule has 0 aromatic heterocycles. The minimum atomic E-state index is -1.40. The molecule has 0 fully saturated rings. The Morgan fingerprint density at radius 3 is 1.89 bits per heavy atom. The van der Waals surface area contributed by atoms with Crippen LogP contribution < -0.4 is 33.2 Å². The molecule has 0 aromatic carbocycles. The molecule has 0 aliphatic carbocycles. The second-order valence-corrected chi connectivity index (χ2v) is 8.34. The molecule has 3 amide bonds. The number of aliphatic hydroxyl groups excluding tert-OH is 1. The van der Waals surface area contributed by atoms with Gasteiger partial charge in [0.15, 0.2) is 5.96 Å². The predicted molar refractivity (Wildman–Crippen MR) is 125 cm³/mol. The van der Waals surface area contributed by atoms with Gasteiger partial charge in [0.1, 0.15) is 24.2 Å². The lowest BCUT2D eigenvalue weighted by molar-refractivity contribution is -0.143. The van der Waals surface area contributed by atoms with Crippen molar-refractivity contribution in [1.82, 2.24) is 16.0 Å². The fourth-order valence-electron chi connectivity index (χ4n) is 2.83. The molecule has 0 saturated carbocycles. The molecule has 35 heavy (non-hydrogen) atoms. The van der Waals surface area contributed by atoms with Gasteiger partial charge in [-0.05, 0) is 32.1 Å². The van der Waals surface area contributed by atoms with Gasteiger partial charge in [0.25, 0.3) is 0 Å². The fourth-order valence-corrected chi connectivity index (χ4v) is 2.83. The van der Waals surface area contributed by atoms with Crippen LogP contribution in [0.3, 0.4) is 0 Å². The third kappa shape index (κ3) is 12.5. The van der Waals surface area contributed by atoms with Gasteiger partial charge in [0.2, 0.25) is 17.7 Å². The summed E-state index contributed by atoms with van der Waals surface area (Å²) in [6.07, 6.45) is -1.81. The first-order valence-electron chi connectivity index (χ1n) is 11.0. The quantitative estimate of drug-likeness (QED) is 0.0574. The van der Waals surface area contributed by atoms with Crippen LogP contribution >= 0.6 is 0 Å². The number of hydrogen-bond donors (Lipinski definition) is 9. The van der Waals surface area contributed by atoms with Crippen LogP contribution in [0.1, 0.15) is 46.5 Å². The lowest BCUT2D eigenvalue weighted by Crippen LogP contribution is -2.59. The first kappa shape index (κ1) is 31.5. The third-order valence-electron chi connectivity index (χ3n) is 4.91. The number of aliphatic carboxylic acids is 2. The number of carbonyl (C=O) groups is 5. The number of nitrogens with zero attached hydrogens (tertiary/aromatic N) is 1. The van der Waals surface area contributed by atoms with Crippen molar-refractivity contribution in [2.45, 2.75) is 76.7 Å². The van der Waals surface area contributed by atoms with Crippen molar-refractivity contribution < 1.29 is 39.3 Å². The molecule has 0 bridgehead atoms. The van der Waals surface area contributed by atoms with Crippen LogP contribution in [-0.2, 0) is 24.0 Å². The van der Waals surface area contributed by atoms with Crippen molar-refractivity contribution in [3.05, 3.63) is 0 Å². The first-order chi connectivity index (χ1) is 16.2. The number of aliphatic hydroxyl groups is 1. The van der Waals surface area contributed by atoms with E-state index in [1.807, 2.05) is 0 Å². The number of amides is 3. The summed E-state index contributed by atoms with van der Waals surface area (Å²) in [5.41, 5.74) is 16.0. The summed E-state index contributed by atoms with van der Waals surface area (Å²) >= 11 is 0. The first-order valence-corrected chi connectivity index (χ1v) is 11.0. The summed E-state index contributed by atoms with van der Waals surface area (Å²) in [6, 6.07) is -5.21. The van der Waals surface area contributed by atoms with E-state index in [9.17, 15) is 34.2 Å². The van der Waals surface area contributed by atoms with Crippen molar-refractivity contribution in [1.29, 1.82) is 0 Å². The van der Waals surface area contributed by atoms with E-state index in [1.54, 1.807) is 13.8 Å². The summed E-state index contributed by atoms with van der Waals surface area (Å²) in [5, 5.41) is 35.0. The largest absolute Gasteiger partial charge is 0.481 e. The molecule has 5 atom stereocenters. The Morgan fingerprint density at radius 1 is 0.857 bits per heavy atom. The van der Waals surface area contributed by atoms with Crippen LogP contribution in [0.25, 0.3) is 0 Å². The molecule has 0 aromatic rings. The molecular weight excluding hydrogens is 466 g/mol. The molecule has 0 saturated heterocycles. The highest BCUT2D eigenvalue weighted by Gasteiger charge is 2.32. The van der Waals surface area contributed by atoms with Gasteiger partial charge >= 0.3 is 11.9 Å². The van der Waals surface area contributed by atoms with E-state index >= 15 is 0 Å². The molecule has 15 nitrogen and oxygen atoms in total. The Morgan fingerprint density at radius 2 is 1.43 bits per heavy atom. The highest BCUT2D eigenvalue weighted by atomic mass is 16.4. The number of nitrogens with one attached hydrogen (secondary N) is 3. The fraction of sp³-hybridized carbons (Fsp3) is 0.700. The van der Waals surface area contributed by atoms with E-state index in [-0.39, 0.29) is 31.8 Å². The Balaban J connectivity index is 5.48. The summed E-state index contributed by atoms with van der Waals surface area (Å²) in [7, 11) is 0. The maximum atomic E-state index is 12.9. The van der Waals surface area contributed by atoms with Gasteiger partial charge in [0.05, 0.1) is 6.10 Å². The third-order valence-corrected chi connectivity index (χ3v) is 4.91. The van der Waals surface area contributed by atoms with Gasteiger partial charge in [-0.15, -0.1) is 0 Å². The van der Waals surface area contributed by atoms with Crippen LogP contribution in [-0.4, -0.2) is 87.8 Å². The number of guanidine groups is 1. The van der Waals surface area contributed by atoms with Crippen molar-refractivity contribution in [3.63, 3.8) is 0 Å². The van der Waals surface area contributed by atoms with Gasteiger partial charge in [-0.25, -0.2) is 4.79 Å². The second kappa shape index (κ2) is 15.4. The minimum Gasteiger partial charge on any atom is -0.481 e. The molecule has 0 rings (SSSR count). The smallest absolute Gasteiger partial charge is 0.326 e. The van der Waals surface area contributed by atoms with Gasteiger partial charge in [-0.2, -0.15) is 0 Å². The second-order valence-electron chi connectivity index (χ2n) is 8.34. The molecule has 5 unspecified atom stereocenters. The van der Waals surface area contributed by atoms with Gasteiger partial charge in [-0.1, -0.05) is 13.8 Å². The Kier molecular flexibility index (Phi) is 13.9. The number of aliphatic imine (C=N–C) groups is 1. The molecule has 0 spiro atoms. The van der Waals surface area contributed by atoms with Crippen molar-refractivity contribution in [2.75, 3.05) is 6.54 Å². The van der Waals surface area contributed by atoms with E-state index in [4.69, 9.17) is 22.3 Å². The Labute approximate surface area is 202 Å². The average molecular weight is 504 g/mol. The lowest BCUT2D eigenvalue weighted by Gasteiger charge is -2.27. The van der Waals surface area contributed by atoms with Crippen LogP contribution in [0, 0.1) is 5.92 Å². The average Bonchev–Trinajstić information content (AvgIpc) is 2.74. The SMILES string of the molecule is CC(C)C(NC(=O)C(N)C(C)O)C(=O)NC(CCC(=O)O)C(=O)NC(CCCN=C(N)N)C(=O)O. The van der Waals surface area contributed by atoms with Gasteiger partial charge in [0, 0.05) is 13.0 Å². The monoisotopic (exact) mass is 503 g/mol. The van der Waals surface area contributed by atoms with Crippen LogP contribution in [0.15, 0.2) is 4.99 Å². The zero-order chi connectivity index (χ0) is 27.3. The standard InChI is InChI=1S/C20H37N7O8/c1-9(2)15(27-17(32)14(21)10(3)28)18(33)25-11(6-7-13(29)30)16(31)26-12(19(34)35)5-4-8-24-20(22)23/h9-12,14-15,28H,4-8,21H2,1-3H3,(H,25,33)(H,26,31)(H,27,32)(H,29,30)(H,34,35)(H4,22,23,24). The zero-order valence-corrected chi connectivity index (χ0v) is 20.1. The number of carboxylic acids is 2. The number of carbonyl (C=O) groups excluding carboxylic acids is 3. The Bertz CT molecular complexity index is 783. The molecule has 0 aliphatic rings. The van der Waals surface area contributed by atoms with E-state index in [2.05, 4.69) is 20.9 Å². The number of nitrogens with two attached hydrogens (primary N) is 3. The van der Waals surface area contributed by atoms with Gasteiger partial charge < -0.3 is 48.5 Å². The van der Waals surface area contributed by atoms with Crippen molar-refractivity contribution >= 4 is 35.6 Å². The maximum Gasteiger partial charge on any atom is 0.326 e. The number of rotatable bonds is 16. The predicted octanol–water partition coefficient (Wildman–Crippen LogP) is -3.19. The maximum absolute atomic E-state index is 12.9. The van der Waals surface area contributed by atoms with E-state index in [0.29, 0.717) is 0 Å². The molecule has 0 aliphatic heterocycles. The van der Waals surface area contributed by atoms with Crippen LogP contribution in [0.4, 0.5) is 0 Å². The van der Waals surface area contributed by atoms with E-state index in [1.165, 1.54) is 6.92 Å². The molecule has 0 radical (unpaired) electrons. The molecule has 200 valence electrons. The highest BCUT2D eigenvalue weighted by Crippen LogP contribution is 2.07. The topological polar surface area (TPSA) is 273 Å². The number of hydrogen-bond acceptors (Lipinski definition) is 8. The normalized spacial score (nSPS) is 15.1. The zero-order valence-electron chi connectivity index (χ0n) is 20.1. The van der Waals surface area contributed by atoms with Gasteiger partial charge in [-0.3, -0.25) is 24.2 Å². The molecule has 12 N–H and O–H groups in total. The van der Waals surface area contributed by atoms with Crippen LogP contribution in [0.5, 0.6) is 0 Å². The molecule has 15 heteroatoms. The molecule has 0 heterocycles. The summed E-state index contributed by atoms with van der Waals surface area (Å²) in [5.74, 6) is -5.73. The number of carboxylic acid groups (broad SMARTS) is 2. The lowest BCUT2D eigenvalue weighted by atomic mass is 10.0. The summed E-state index contributed by atoms with van der Waals surface area (Å²) in [4.78, 5) is 64.1. The summed E-state index contributed by atoms with van der Waals surface area (Å²) < 4.78 is 0. The highest BCUT2D eigenvalue weighted by molar-refractivity contribution is 5.94. The molecular formula is C20H37N7O8. The van der Waals surface area contributed by atoms with E-state index in [0.717, 1.165) is 0 Å². The van der Waals surface area contributed by atoms with Crippen molar-refractivity contribution in [3.8, 4) is 0 Å².